The maximum Gasteiger partial charge on any atom is 0.191 e. The largest absolute Gasteiger partial charge is 0.396 e. The van der Waals surface area contributed by atoms with E-state index in [1.54, 1.807) is 0 Å². The second-order valence-corrected chi connectivity index (χ2v) is 9.30. The Bertz CT molecular complexity index is 579. The molecule has 2 rings (SSSR count). The van der Waals surface area contributed by atoms with E-state index in [-0.39, 0.29) is 12.7 Å². The molecule has 1 aromatic rings. The molecule has 3 N–H and O–H groups in total. The molecule has 29 heavy (non-hydrogen) atoms. The molecule has 2 heterocycles. The molecular formula is C22H40N4O2S. The van der Waals surface area contributed by atoms with E-state index in [4.69, 9.17) is 9.73 Å². The van der Waals surface area contributed by atoms with Gasteiger partial charge in [0.25, 0.3) is 0 Å². The Morgan fingerprint density at radius 1 is 1.41 bits per heavy atom. The zero-order valence-corrected chi connectivity index (χ0v) is 19.4. The van der Waals surface area contributed by atoms with Gasteiger partial charge in [-0.25, -0.2) is 0 Å². The van der Waals surface area contributed by atoms with E-state index >= 15 is 0 Å². The fourth-order valence-electron chi connectivity index (χ4n) is 3.91. The molecule has 166 valence electrons. The predicted molar refractivity (Wildman–Crippen MR) is 123 cm³/mol. The first-order chi connectivity index (χ1) is 14.0. The molecule has 3 unspecified atom stereocenters. The van der Waals surface area contributed by atoms with Gasteiger partial charge in [-0.1, -0.05) is 19.9 Å². The smallest absolute Gasteiger partial charge is 0.191 e. The molecule has 1 fully saturated rings. The molecule has 6 nitrogen and oxygen atoms in total. The molecule has 1 aliphatic rings. The van der Waals surface area contributed by atoms with Crippen molar-refractivity contribution in [2.45, 2.75) is 52.7 Å². The Morgan fingerprint density at radius 3 is 2.86 bits per heavy atom. The highest BCUT2D eigenvalue weighted by Crippen LogP contribution is 2.26. The van der Waals surface area contributed by atoms with Crippen LogP contribution in [0.2, 0.25) is 0 Å². The Morgan fingerprint density at radius 2 is 2.24 bits per heavy atom. The number of aliphatic hydroxyl groups excluding tert-OH is 1. The summed E-state index contributed by atoms with van der Waals surface area (Å²) in [7, 11) is 0. The van der Waals surface area contributed by atoms with Crippen LogP contribution in [0.15, 0.2) is 22.5 Å². The first-order valence-electron chi connectivity index (χ1n) is 11.1. The van der Waals surface area contributed by atoms with Crippen LogP contribution in [0.5, 0.6) is 0 Å². The summed E-state index contributed by atoms with van der Waals surface area (Å²) in [6.45, 7) is 14.0. The molecule has 0 spiro atoms. The zero-order chi connectivity index (χ0) is 21.1. The highest BCUT2D eigenvalue weighted by atomic mass is 32.1. The average molecular weight is 425 g/mol. The van der Waals surface area contributed by atoms with Gasteiger partial charge in [0, 0.05) is 44.2 Å². The Kier molecular flexibility index (Phi) is 11.0. The van der Waals surface area contributed by atoms with E-state index in [1.807, 2.05) is 11.3 Å². The third-order valence-corrected chi connectivity index (χ3v) is 6.22. The molecule has 0 bridgehead atoms. The molecule has 0 saturated carbocycles. The van der Waals surface area contributed by atoms with Crippen LogP contribution in [0.25, 0.3) is 0 Å². The number of nitrogens with zero attached hydrogens (tertiary/aromatic N) is 2. The minimum Gasteiger partial charge on any atom is -0.396 e. The molecule has 3 atom stereocenters. The van der Waals surface area contributed by atoms with E-state index in [9.17, 15) is 5.11 Å². The van der Waals surface area contributed by atoms with Crippen molar-refractivity contribution in [2.75, 3.05) is 45.9 Å². The summed E-state index contributed by atoms with van der Waals surface area (Å²) < 4.78 is 5.74. The summed E-state index contributed by atoms with van der Waals surface area (Å²) in [6.07, 6.45) is 2.17. The van der Waals surface area contributed by atoms with Crippen LogP contribution in [0.3, 0.4) is 0 Å². The fraction of sp³-hybridized carbons (Fsp3) is 0.773. The van der Waals surface area contributed by atoms with Crippen LogP contribution < -0.4 is 10.6 Å². The Balaban J connectivity index is 2.02. The van der Waals surface area contributed by atoms with Gasteiger partial charge in [-0.05, 0) is 50.0 Å². The van der Waals surface area contributed by atoms with Crippen molar-refractivity contribution >= 4 is 17.3 Å². The highest BCUT2D eigenvalue weighted by Gasteiger charge is 2.26. The van der Waals surface area contributed by atoms with E-state index in [1.165, 1.54) is 4.88 Å². The summed E-state index contributed by atoms with van der Waals surface area (Å²) in [6, 6.07) is 4.66. The average Bonchev–Trinajstić information content (AvgIpc) is 3.20. The Labute approximate surface area is 180 Å². The monoisotopic (exact) mass is 424 g/mol. The zero-order valence-electron chi connectivity index (χ0n) is 18.6. The van der Waals surface area contributed by atoms with E-state index in [2.05, 4.69) is 60.7 Å². The number of guanidine groups is 1. The molecule has 1 saturated heterocycles. The van der Waals surface area contributed by atoms with Crippen LogP contribution in [-0.4, -0.2) is 68.0 Å². The lowest BCUT2D eigenvalue weighted by atomic mass is 9.94. The number of aliphatic imine (C=N–C) groups is 1. The second-order valence-electron chi connectivity index (χ2n) is 8.32. The lowest BCUT2D eigenvalue weighted by molar-refractivity contribution is -0.0334. The number of nitrogens with one attached hydrogen (secondary N) is 2. The molecule has 1 aromatic heterocycles. The lowest BCUT2D eigenvalue weighted by Crippen LogP contribution is -2.48. The van der Waals surface area contributed by atoms with Gasteiger partial charge in [-0.3, -0.25) is 9.89 Å². The summed E-state index contributed by atoms with van der Waals surface area (Å²) >= 11 is 1.81. The quantitative estimate of drug-likeness (QED) is 0.376. The third kappa shape index (κ3) is 8.62. The normalized spacial score (nSPS) is 20.6. The van der Waals surface area contributed by atoms with E-state index in [0.29, 0.717) is 17.9 Å². The van der Waals surface area contributed by atoms with E-state index in [0.717, 1.165) is 58.1 Å². The van der Waals surface area contributed by atoms with Gasteiger partial charge >= 0.3 is 0 Å². The third-order valence-electron chi connectivity index (χ3n) is 5.24. The summed E-state index contributed by atoms with van der Waals surface area (Å²) in [5.41, 5.74) is 0. The maximum atomic E-state index is 9.37. The molecular weight excluding hydrogens is 384 g/mol. The topological polar surface area (TPSA) is 69.1 Å². The fourth-order valence-corrected chi connectivity index (χ4v) is 4.77. The Hall–Kier alpha value is -1.15. The number of thiophene rings is 1. The van der Waals surface area contributed by atoms with Crippen molar-refractivity contribution in [3.63, 3.8) is 0 Å². The van der Waals surface area contributed by atoms with Crippen molar-refractivity contribution < 1.29 is 9.84 Å². The van der Waals surface area contributed by atoms with Crippen LogP contribution in [0.4, 0.5) is 0 Å². The number of aliphatic hydroxyl groups is 1. The number of hydrogen-bond acceptors (Lipinski definition) is 5. The van der Waals surface area contributed by atoms with Gasteiger partial charge in [-0.2, -0.15) is 0 Å². The summed E-state index contributed by atoms with van der Waals surface area (Å²) in [4.78, 5) is 8.74. The van der Waals surface area contributed by atoms with Crippen LogP contribution in [-0.2, 0) is 4.74 Å². The van der Waals surface area contributed by atoms with Gasteiger partial charge in [0.15, 0.2) is 5.96 Å². The molecule has 0 radical (unpaired) electrons. The lowest BCUT2D eigenvalue weighted by Gasteiger charge is -2.37. The van der Waals surface area contributed by atoms with Gasteiger partial charge in [0.2, 0.25) is 0 Å². The first kappa shape index (κ1) is 24.1. The van der Waals surface area contributed by atoms with Crippen LogP contribution in [0, 0.1) is 11.8 Å². The van der Waals surface area contributed by atoms with Gasteiger partial charge in [0.1, 0.15) is 0 Å². The van der Waals surface area contributed by atoms with Gasteiger partial charge in [-0.15, -0.1) is 11.3 Å². The van der Waals surface area contributed by atoms with Crippen molar-refractivity contribution in [1.82, 2.24) is 15.5 Å². The summed E-state index contributed by atoms with van der Waals surface area (Å²) in [5.74, 6) is 1.90. The standard InChI is InChI=1S/C22H40N4O2S/c1-5-23-22(24-14-19(8-10-27)13-17(2)3)25-15-20(21-7-6-12-29-21)26-9-11-28-18(4)16-26/h6-7,12,17-20,27H,5,8-11,13-16H2,1-4H3,(H2,23,24,25). The number of rotatable bonds is 11. The summed E-state index contributed by atoms with van der Waals surface area (Å²) in [5, 5.41) is 18.5. The highest BCUT2D eigenvalue weighted by molar-refractivity contribution is 7.10. The number of morpholine rings is 1. The second kappa shape index (κ2) is 13.2. The SMILES string of the molecule is CCNC(=NCC(CCO)CC(C)C)NCC(c1cccs1)N1CCOC(C)C1. The van der Waals surface area contributed by atoms with Crippen molar-refractivity contribution in [3.8, 4) is 0 Å². The van der Waals surface area contributed by atoms with Crippen molar-refractivity contribution in [3.05, 3.63) is 22.4 Å². The maximum absolute atomic E-state index is 9.37. The minimum absolute atomic E-state index is 0.229. The van der Waals surface area contributed by atoms with Crippen LogP contribution >= 0.6 is 11.3 Å². The van der Waals surface area contributed by atoms with Crippen molar-refractivity contribution in [2.24, 2.45) is 16.8 Å². The number of ether oxygens (including phenoxy) is 1. The molecule has 0 aromatic carbocycles. The predicted octanol–water partition coefficient (Wildman–Crippen LogP) is 3.11. The van der Waals surface area contributed by atoms with Crippen LogP contribution in [0.1, 0.15) is 51.5 Å². The molecule has 7 heteroatoms. The number of hydrogen-bond donors (Lipinski definition) is 3. The minimum atomic E-state index is 0.229. The first-order valence-corrected chi connectivity index (χ1v) is 11.9. The van der Waals surface area contributed by atoms with E-state index < -0.39 is 0 Å². The molecule has 0 amide bonds. The van der Waals surface area contributed by atoms with Crippen molar-refractivity contribution in [1.29, 1.82) is 0 Å². The molecule has 0 aliphatic carbocycles. The molecule has 1 aliphatic heterocycles. The van der Waals surface area contributed by atoms with Gasteiger partial charge < -0.3 is 20.5 Å². The van der Waals surface area contributed by atoms with Gasteiger partial charge in [0.05, 0.1) is 18.8 Å².